The van der Waals surface area contributed by atoms with Crippen molar-refractivity contribution in [3.05, 3.63) is 24.8 Å². The van der Waals surface area contributed by atoms with Crippen LogP contribution in [0.3, 0.4) is 0 Å². The Morgan fingerprint density at radius 1 is 1.30 bits per heavy atom. The van der Waals surface area contributed by atoms with Crippen LogP contribution in [0, 0.1) is 13.1 Å². The number of aliphatic hydroxyl groups is 1. The van der Waals surface area contributed by atoms with Crippen molar-refractivity contribution in [2.75, 3.05) is 6.54 Å². The van der Waals surface area contributed by atoms with Gasteiger partial charge in [-0.05, 0) is 63.2 Å². The van der Waals surface area contributed by atoms with E-state index in [1.807, 2.05) is 36.4 Å². The predicted molar refractivity (Wildman–Crippen MR) is 96.0 cm³/mol. The molecule has 0 saturated heterocycles. The van der Waals surface area contributed by atoms with Gasteiger partial charge in [-0.3, -0.25) is 4.79 Å². The molecule has 1 rings (SSSR count). The summed E-state index contributed by atoms with van der Waals surface area (Å²) in [6, 6.07) is 3.43. The molecule has 1 atom stereocenters. The highest BCUT2D eigenvalue weighted by atomic mass is 127. The molecule has 1 amide bonds. The zero-order valence-electron chi connectivity index (χ0n) is 11.5. The summed E-state index contributed by atoms with van der Waals surface area (Å²) in [5.74, 6) is -0.190. The number of hydrogen-bond donors (Lipinski definition) is 3. The highest BCUT2D eigenvalue weighted by Gasteiger charge is 2.19. The van der Waals surface area contributed by atoms with Gasteiger partial charge in [-0.25, -0.2) is 0 Å². The topological polar surface area (TPSA) is 69.6 Å². The molecule has 0 aliphatic rings. The van der Waals surface area contributed by atoms with Crippen LogP contribution >= 0.6 is 45.2 Å². The van der Waals surface area contributed by atoms with Gasteiger partial charge < -0.3 is 15.5 Å². The molecule has 0 aliphatic carbocycles. The lowest BCUT2D eigenvalue weighted by atomic mass is 9.96. The fourth-order valence-electron chi connectivity index (χ4n) is 2.03. The Morgan fingerprint density at radius 3 is 2.45 bits per heavy atom. The molecule has 20 heavy (non-hydrogen) atoms. The predicted octanol–water partition coefficient (Wildman–Crippen LogP) is 3.13. The van der Waals surface area contributed by atoms with Crippen LogP contribution in [0.4, 0.5) is 0 Å². The minimum atomic E-state index is -0.557. The number of halogens is 2. The highest BCUT2D eigenvalue weighted by molar-refractivity contribution is 14.1. The second kappa shape index (κ2) is 8.38. The monoisotopic (exact) mass is 503 g/mol. The third-order valence-electron chi connectivity index (χ3n) is 3.34. The maximum absolute atomic E-state index is 12.1. The first kappa shape index (κ1) is 18.0. The molecular weight excluding hydrogens is 484 g/mol. The van der Waals surface area contributed by atoms with Crippen molar-refractivity contribution < 1.29 is 15.0 Å². The lowest BCUT2D eigenvalue weighted by molar-refractivity contribution is 0.0814. The molecule has 0 fully saturated rings. The smallest absolute Gasteiger partial charge is 0.255 e. The summed E-state index contributed by atoms with van der Waals surface area (Å²) in [5.41, 5.74) is 0.248. The van der Waals surface area contributed by atoms with Gasteiger partial charge in [-0.15, -0.1) is 0 Å². The molecule has 4 nitrogen and oxygen atoms in total. The number of benzene rings is 1. The van der Waals surface area contributed by atoms with Crippen LogP contribution in [0.25, 0.3) is 0 Å². The van der Waals surface area contributed by atoms with Crippen LogP contribution in [0.15, 0.2) is 12.1 Å². The van der Waals surface area contributed by atoms with Crippen LogP contribution in [0.5, 0.6) is 5.75 Å². The quantitative estimate of drug-likeness (QED) is 0.523. The molecule has 112 valence electrons. The summed E-state index contributed by atoms with van der Waals surface area (Å²) >= 11 is 4.09. The number of rotatable bonds is 6. The van der Waals surface area contributed by atoms with E-state index in [-0.39, 0.29) is 29.7 Å². The minimum Gasteiger partial charge on any atom is -0.506 e. The Labute approximate surface area is 146 Å². The van der Waals surface area contributed by atoms with E-state index in [1.54, 1.807) is 12.1 Å². The lowest BCUT2D eigenvalue weighted by Gasteiger charge is -2.20. The van der Waals surface area contributed by atoms with Crippen molar-refractivity contribution in [1.82, 2.24) is 5.32 Å². The van der Waals surface area contributed by atoms with Crippen molar-refractivity contribution in [3.63, 3.8) is 0 Å². The molecule has 0 bridgehead atoms. The molecule has 0 spiro atoms. The number of phenolic OH excluding ortho intramolecular Hbond substituents is 1. The number of amides is 1. The van der Waals surface area contributed by atoms with Crippen LogP contribution in [0.2, 0.25) is 0 Å². The summed E-state index contributed by atoms with van der Waals surface area (Å²) in [4.78, 5) is 12.1. The molecule has 0 radical (unpaired) electrons. The van der Waals surface area contributed by atoms with Gasteiger partial charge in [0.1, 0.15) is 5.75 Å². The van der Waals surface area contributed by atoms with Gasteiger partial charge in [0.05, 0.1) is 15.2 Å². The fourth-order valence-corrected chi connectivity index (χ4v) is 3.88. The molecule has 0 heterocycles. The Bertz CT molecular complexity index is 476. The van der Waals surface area contributed by atoms with Crippen LogP contribution in [0.1, 0.15) is 37.0 Å². The molecule has 1 unspecified atom stereocenters. The molecule has 6 heteroatoms. The summed E-state index contributed by atoms with van der Waals surface area (Å²) in [6.07, 6.45) is 1.19. The van der Waals surface area contributed by atoms with Gasteiger partial charge in [0.2, 0.25) is 0 Å². The lowest BCUT2D eigenvalue weighted by Crippen LogP contribution is -2.36. The average Bonchev–Trinajstić information content (AvgIpc) is 2.41. The van der Waals surface area contributed by atoms with Crippen molar-refractivity contribution in [1.29, 1.82) is 0 Å². The number of aromatic hydroxyl groups is 1. The first-order valence-electron chi connectivity index (χ1n) is 6.54. The number of nitrogens with one attached hydrogen (secondary N) is 1. The summed E-state index contributed by atoms with van der Waals surface area (Å²) in [5, 5.41) is 22.6. The van der Waals surface area contributed by atoms with E-state index in [2.05, 4.69) is 27.9 Å². The summed E-state index contributed by atoms with van der Waals surface area (Å²) in [6.45, 7) is 4.24. The molecule has 0 aromatic heterocycles. The van der Waals surface area contributed by atoms with Gasteiger partial charge in [0, 0.05) is 10.1 Å². The van der Waals surface area contributed by atoms with Crippen LogP contribution < -0.4 is 5.32 Å². The normalized spacial score (nSPS) is 12.5. The Kier molecular flexibility index (Phi) is 7.52. The van der Waals surface area contributed by atoms with E-state index < -0.39 is 6.10 Å². The van der Waals surface area contributed by atoms with Gasteiger partial charge >= 0.3 is 0 Å². The molecule has 1 aromatic rings. The first-order chi connectivity index (χ1) is 9.40. The number of hydrogen-bond acceptors (Lipinski definition) is 3. The number of aliphatic hydroxyl groups excluding tert-OH is 1. The van der Waals surface area contributed by atoms with Crippen molar-refractivity contribution >= 4 is 51.1 Å². The maximum Gasteiger partial charge on any atom is 0.255 e. The zero-order chi connectivity index (χ0) is 15.3. The van der Waals surface area contributed by atoms with Gasteiger partial charge in [-0.2, -0.15) is 0 Å². The number of carbonyl (C=O) groups excluding carboxylic acids is 1. The van der Waals surface area contributed by atoms with E-state index in [9.17, 15) is 15.0 Å². The van der Waals surface area contributed by atoms with E-state index in [1.165, 1.54) is 0 Å². The Balaban J connectivity index is 2.73. The SMILES string of the molecule is CCC(CC)C(O)CNC(=O)c1cc(I)cc(I)c1O. The highest BCUT2D eigenvalue weighted by Crippen LogP contribution is 2.26. The van der Waals surface area contributed by atoms with Crippen molar-refractivity contribution in [2.24, 2.45) is 5.92 Å². The van der Waals surface area contributed by atoms with E-state index in [0.717, 1.165) is 16.4 Å². The molecule has 0 aliphatic heterocycles. The van der Waals surface area contributed by atoms with Crippen LogP contribution in [-0.4, -0.2) is 28.8 Å². The maximum atomic E-state index is 12.1. The van der Waals surface area contributed by atoms with Gasteiger partial charge in [0.15, 0.2) is 0 Å². The molecule has 3 N–H and O–H groups in total. The van der Waals surface area contributed by atoms with E-state index >= 15 is 0 Å². The second-order valence-electron chi connectivity index (χ2n) is 4.64. The summed E-state index contributed by atoms with van der Waals surface area (Å²) in [7, 11) is 0. The molecule has 0 saturated carbocycles. The van der Waals surface area contributed by atoms with E-state index in [4.69, 9.17) is 0 Å². The van der Waals surface area contributed by atoms with Crippen LogP contribution in [-0.2, 0) is 0 Å². The standard InChI is InChI=1S/C14H19I2NO3/c1-3-8(4-2)12(18)7-17-14(20)10-5-9(15)6-11(16)13(10)19/h5-6,8,12,18-19H,3-4,7H2,1-2H3,(H,17,20). The van der Waals surface area contributed by atoms with Gasteiger partial charge in [0.25, 0.3) is 5.91 Å². The molecule has 1 aromatic carbocycles. The summed E-state index contributed by atoms with van der Waals surface area (Å²) < 4.78 is 1.52. The molecular formula is C14H19I2NO3. The average molecular weight is 503 g/mol. The fraction of sp³-hybridized carbons (Fsp3) is 0.500. The Hall–Kier alpha value is -0.0900. The minimum absolute atomic E-state index is 0.0134. The number of carbonyl (C=O) groups is 1. The third kappa shape index (κ3) is 4.73. The van der Waals surface area contributed by atoms with Crippen molar-refractivity contribution in [3.8, 4) is 5.75 Å². The third-order valence-corrected chi connectivity index (χ3v) is 4.78. The Morgan fingerprint density at radius 2 is 1.90 bits per heavy atom. The largest absolute Gasteiger partial charge is 0.506 e. The zero-order valence-corrected chi connectivity index (χ0v) is 15.8. The van der Waals surface area contributed by atoms with E-state index in [0.29, 0.717) is 3.57 Å². The van der Waals surface area contributed by atoms with Crippen molar-refractivity contribution in [2.45, 2.75) is 32.8 Å². The second-order valence-corrected chi connectivity index (χ2v) is 7.05. The van der Waals surface area contributed by atoms with Gasteiger partial charge in [-0.1, -0.05) is 26.7 Å². The number of phenols is 1. The first-order valence-corrected chi connectivity index (χ1v) is 8.70.